The predicted molar refractivity (Wildman–Crippen MR) is 38.0 cm³/mol. The van der Waals surface area contributed by atoms with E-state index in [0.29, 0.717) is 0 Å². The molecule has 0 nitrogen and oxygen atoms in total. The van der Waals surface area contributed by atoms with Crippen molar-refractivity contribution in [2.45, 2.75) is 0 Å². The molecule has 0 saturated carbocycles. The maximum absolute atomic E-state index is 12.4. The standard InChI is InChI=1S/C6F5Ge.CH3.Li/c7-1-2(8)4(10)6(12)5(11)3(1)9;;/h;1H3;/q;-1;+1. The van der Waals surface area contributed by atoms with E-state index in [1.807, 2.05) is 0 Å². The van der Waals surface area contributed by atoms with Crippen LogP contribution in [0.1, 0.15) is 0 Å². The fourth-order valence-corrected chi connectivity index (χ4v) is 1.07. The smallest absolute Gasteiger partial charge is 0.358 e. The molecule has 0 N–H and O–H groups in total. The van der Waals surface area contributed by atoms with Crippen molar-refractivity contribution < 1.29 is 40.8 Å². The van der Waals surface area contributed by atoms with Crippen molar-refractivity contribution in [3.8, 4) is 0 Å². The molecule has 0 aromatic heterocycles. The van der Waals surface area contributed by atoms with Crippen LogP contribution >= 0.6 is 0 Å². The molecule has 71 valence electrons. The summed E-state index contributed by atoms with van der Waals surface area (Å²) in [5.41, 5.74) is 0. The Bertz CT molecular complexity index is 236. The molecule has 0 spiro atoms. The molecule has 0 amide bonds. The van der Waals surface area contributed by atoms with Gasteiger partial charge in [-0.2, -0.15) is 0 Å². The van der Waals surface area contributed by atoms with Crippen molar-refractivity contribution in [1.82, 2.24) is 0 Å². The zero-order valence-corrected chi connectivity index (χ0v) is 9.49. The van der Waals surface area contributed by atoms with Crippen molar-refractivity contribution in [2.24, 2.45) is 0 Å². The van der Waals surface area contributed by atoms with Crippen LogP contribution in [0.4, 0.5) is 22.0 Å². The van der Waals surface area contributed by atoms with Gasteiger partial charge in [0.2, 0.25) is 0 Å². The average molecular weight is 262 g/mol. The minimum atomic E-state index is -2.13. The Labute approximate surface area is 98.3 Å². The normalized spacial score (nSPS) is 9.00. The van der Waals surface area contributed by atoms with E-state index in [0.717, 1.165) is 16.5 Å². The Morgan fingerprint density at radius 1 is 0.643 bits per heavy atom. The van der Waals surface area contributed by atoms with Gasteiger partial charge in [0.05, 0.1) is 0 Å². The quantitative estimate of drug-likeness (QED) is 0.178. The first-order chi connectivity index (χ1) is 5.46. The van der Waals surface area contributed by atoms with Crippen LogP contribution in [0.25, 0.3) is 0 Å². The van der Waals surface area contributed by atoms with Crippen LogP contribution in [-0.2, 0) is 0 Å². The second kappa shape index (κ2) is 5.79. The fraction of sp³-hybridized carbons (Fsp3) is 0. The Kier molecular flexibility index (Phi) is 6.79. The van der Waals surface area contributed by atoms with Crippen LogP contribution in [0.15, 0.2) is 0 Å². The molecule has 14 heavy (non-hydrogen) atoms. The van der Waals surface area contributed by atoms with Gasteiger partial charge in [-0.25, -0.2) is 0 Å². The Morgan fingerprint density at radius 3 is 1.14 bits per heavy atom. The molecule has 3 radical (unpaired) electrons. The molecule has 0 atom stereocenters. The summed E-state index contributed by atoms with van der Waals surface area (Å²) in [5, 5.41) is 0. The predicted octanol–water partition coefficient (Wildman–Crippen LogP) is -1.37. The largest absolute Gasteiger partial charge is 1.00 e. The molecule has 1 rings (SSSR count). The van der Waals surface area contributed by atoms with Crippen LogP contribution in [0.3, 0.4) is 0 Å². The summed E-state index contributed by atoms with van der Waals surface area (Å²) in [6, 6.07) is 0. The first-order valence-corrected chi connectivity index (χ1v) is 3.74. The summed E-state index contributed by atoms with van der Waals surface area (Å²) in [4.78, 5) is 0. The van der Waals surface area contributed by atoms with Gasteiger partial charge < -0.3 is 7.43 Å². The van der Waals surface area contributed by atoms with E-state index >= 15 is 0 Å². The van der Waals surface area contributed by atoms with E-state index in [9.17, 15) is 22.0 Å². The van der Waals surface area contributed by atoms with E-state index < -0.39 is 33.5 Å². The minimum Gasteiger partial charge on any atom is -0.358 e. The second-order valence-electron chi connectivity index (χ2n) is 1.94. The van der Waals surface area contributed by atoms with Gasteiger partial charge in [0, 0.05) is 0 Å². The third kappa shape index (κ3) is 2.53. The first kappa shape index (κ1) is 16.4. The van der Waals surface area contributed by atoms with Gasteiger partial charge in [-0.1, -0.05) is 0 Å². The van der Waals surface area contributed by atoms with Crippen LogP contribution in [0, 0.1) is 36.5 Å². The number of halogens is 5. The Hall–Kier alpha value is 0.0103. The fourth-order valence-electron chi connectivity index (χ4n) is 0.605. The minimum absolute atomic E-state index is 0. The molecule has 7 heteroatoms. The Morgan fingerprint density at radius 2 is 0.857 bits per heavy atom. The van der Waals surface area contributed by atoms with Crippen molar-refractivity contribution >= 4 is 20.9 Å². The summed E-state index contributed by atoms with van der Waals surface area (Å²) >= 11 is 0.816. The number of hydrogen-bond donors (Lipinski definition) is 0. The van der Waals surface area contributed by atoms with Gasteiger partial charge in [-0.3, -0.25) is 0 Å². The molecular formula is C7H3F5GeLi. The zero-order chi connectivity index (χ0) is 9.46. The van der Waals surface area contributed by atoms with Crippen LogP contribution in [0.2, 0.25) is 0 Å². The van der Waals surface area contributed by atoms with E-state index in [4.69, 9.17) is 0 Å². The average Bonchev–Trinajstić information content (AvgIpc) is 2.08. The third-order valence-corrected chi connectivity index (χ3v) is 2.13. The van der Waals surface area contributed by atoms with Gasteiger partial charge in [0.15, 0.2) is 0 Å². The first-order valence-electron chi connectivity index (χ1n) is 2.69. The molecule has 0 unspecified atom stereocenters. The van der Waals surface area contributed by atoms with Crippen molar-refractivity contribution in [1.29, 1.82) is 0 Å². The molecule has 1 aromatic rings. The van der Waals surface area contributed by atoms with E-state index in [1.165, 1.54) is 0 Å². The maximum atomic E-state index is 12.4. The molecule has 0 fully saturated rings. The number of benzene rings is 1. The number of hydrogen-bond acceptors (Lipinski definition) is 0. The molecule has 1 aromatic carbocycles. The van der Waals surface area contributed by atoms with Crippen LogP contribution in [0.5, 0.6) is 0 Å². The van der Waals surface area contributed by atoms with Crippen molar-refractivity contribution in [3.05, 3.63) is 36.5 Å². The van der Waals surface area contributed by atoms with E-state index in [-0.39, 0.29) is 26.3 Å². The molecule has 0 aliphatic carbocycles. The van der Waals surface area contributed by atoms with Crippen molar-refractivity contribution in [3.63, 3.8) is 0 Å². The van der Waals surface area contributed by atoms with Crippen LogP contribution < -0.4 is 23.3 Å². The van der Waals surface area contributed by atoms with E-state index in [1.54, 1.807) is 0 Å². The summed E-state index contributed by atoms with van der Waals surface area (Å²) in [7, 11) is 0. The SMILES string of the molecule is Fc1c(F)c(F)[c]([Ge])c(F)c1F.[CH3-].[Li+]. The zero-order valence-electron chi connectivity index (χ0n) is 7.39. The topological polar surface area (TPSA) is 0 Å². The molecule has 0 heterocycles. The Balaban J connectivity index is 0. The monoisotopic (exact) mass is 263 g/mol. The van der Waals surface area contributed by atoms with Gasteiger partial charge in [-0.05, 0) is 0 Å². The summed E-state index contributed by atoms with van der Waals surface area (Å²) in [6.07, 6.45) is 0. The van der Waals surface area contributed by atoms with Gasteiger partial charge in [-0.15, -0.1) is 0 Å². The molecule has 0 saturated heterocycles. The molecule has 0 aliphatic heterocycles. The summed E-state index contributed by atoms with van der Waals surface area (Å²) < 4.78 is 60.7. The van der Waals surface area contributed by atoms with Crippen molar-refractivity contribution in [2.75, 3.05) is 0 Å². The summed E-state index contributed by atoms with van der Waals surface area (Å²) in [6.45, 7) is 0. The molecule has 0 bridgehead atoms. The molecular weight excluding hydrogens is 259 g/mol. The van der Waals surface area contributed by atoms with Gasteiger partial charge in [0.25, 0.3) is 0 Å². The summed E-state index contributed by atoms with van der Waals surface area (Å²) in [5.74, 6) is -9.52. The van der Waals surface area contributed by atoms with Gasteiger partial charge >= 0.3 is 90.8 Å². The maximum Gasteiger partial charge on any atom is 1.00 e. The second-order valence-corrected chi connectivity index (χ2v) is 2.99. The molecule has 0 aliphatic rings. The van der Waals surface area contributed by atoms with E-state index in [2.05, 4.69) is 0 Å². The van der Waals surface area contributed by atoms with Crippen LogP contribution in [-0.4, -0.2) is 16.5 Å². The third-order valence-electron chi connectivity index (χ3n) is 1.21. The van der Waals surface area contributed by atoms with Gasteiger partial charge in [0.1, 0.15) is 0 Å². The number of rotatable bonds is 0.